The van der Waals surface area contributed by atoms with Crippen LogP contribution in [0.25, 0.3) is 0 Å². The number of nitrogens with two attached hydrogens (primary N) is 4. The van der Waals surface area contributed by atoms with E-state index < -0.39 is 114 Å². The van der Waals surface area contributed by atoms with Crippen molar-refractivity contribution in [2.45, 2.75) is 113 Å². The number of aliphatic imine (C=N–C) groups is 1. The van der Waals surface area contributed by atoms with Gasteiger partial charge in [-0.1, -0.05) is 42.5 Å². The summed E-state index contributed by atoms with van der Waals surface area (Å²) >= 11 is 8.58. The molecular weight excluding hydrogens is 1000 g/mol. The van der Waals surface area contributed by atoms with Crippen LogP contribution in [0.5, 0.6) is 5.75 Å². The van der Waals surface area contributed by atoms with Gasteiger partial charge in [-0.25, -0.2) is 0 Å². The maximum Gasteiger partial charge on any atom is 0.322 e. The number of carbonyl (C=O) groups is 10. The van der Waals surface area contributed by atoms with Gasteiger partial charge in [-0.15, -0.1) is 0 Å². The summed E-state index contributed by atoms with van der Waals surface area (Å²) in [5.74, 6) is -8.85. The Balaban J connectivity index is 1.46. The quantitative estimate of drug-likeness (QED) is 0.0169. The number of hydrogen-bond acceptors (Lipinski definition) is 15. The van der Waals surface area contributed by atoms with Crippen LogP contribution in [-0.4, -0.2) is 171 Å². The second-order valence-corrected chi connectivity index (χ2v) is 18.5. The van der Waals surface area contributed by atoms with Gasteiger partial charge in [-0.3, -0.25) is 52.9 Å². The third kappa shape index (κ3) is 18.4. The average molecular weight is 1070 g/mol. The fourth-order valence-corrected chi connectivity index (χ4v) is 8.88. The van der Waals surface area contributed by atoms with Crippen LogP contribution in [0.4, 0.5) is 0 Å². The van der Waals surface area contributed by atoms with Gasteiger partial charge in [0, 0.05) is 50.4 Å². The van der Waals surface area contributed by atoms with Crippen molar-refractivity contribution < 1.29 is 58.2 Å². The SMILES string of the molecule is NC(=O)CCC(NC(=O)C1CCCN1C(=O)C(CS)NC(=O)C1CCCN1C(=O)C(N)CCCN=C(N)N)C(=O)NC(CS)C(=O)NC(Cc1ccccc1)C(=O)NC(Cc1ccc(O)cc1)C(=O)NCC(=O)O. The van der Waals surface area contributed by atoms with Crippen molar-refractivity contribution in [2.24, 2.45) is 27.9 Å². The molecule has 9 amide bonds. The molecule has 4 rings (SSSR count). The van der Waals surface area contributed by atoms with E-state index >= 15 is 0 Å². The standard InChI is InChI=1S/C47H67N13O12S2/c48-29(9-4-18-52-47(50)51)45(71)59-19-5-10-35(59)44(70)58-34(25-74)46(72)60-20-6-11-36(60)43(69)54-30(16-17-37(49)62)40(66)57-33(24-73)42(68)56-32(21-26-7-2-1-3-8-26)41(67)55-31(39(65)53-23-38(63)64)22-27-12-14-28(61)15-13-27/h1-3,7-8,12-15,29-36,61,73-74H,4-6,9-11,16-25,48H2,(H2,49,62)(H,53,65)(H,54,69)(H,55,67)(H,56,68)(H,57,66)(H,58,70)(H,63,64)(H4,50,51,52). The summed E-state index contributed by atoms with van der Waals surface area (Å²) < 4.78 is 0. The number of likely N-dealkylation sites (tertiary alicyclic amines) is 2. The van der Waals surface area contributed by atoms with Gasteiger partial charge < -0.3 is 74.8 Å². The molecule has 2 saturated heterocycles. The van der Waals surface area contributed by atoms with Gasteiger partial charge in [0.05, 0.1) is 6.04 Å². The highest BCUT2D eigenvalue weighted by atomic mass is 32.1. The summed E-state index contributed by atoms with van der Waals surface area (Å²) in [7, 11) is 0. The molecule has 27 heteroatoms. The molecule has 2 aliphatic heterocycles. The third-order valence-electron chi connectivity index (χ3n) is 12.2. The Kier molecular flexibility index (Phi) is 23.7. The molecule has 8 unspecified atom stereocenters. The van der Waals surface area contributed by atoms with Crippen LogP contribution in [0.15, 0.2) is 59.6 Å². The molecule has 0 aromatic heterocycles. The van der Waals surface area contributed by atoms with Gasteiger partial charge >= 0.3 is 5.97 Å². The Labute approximate surface area is 438 Å². The lowest BCUT2D eigenvalue weighted by Gasteiger charge is -2.31. The first kappa shape index (κ1) is 59.4. The Morgan fingerprint density at radius 1 is 0.635 bits per heavy atom. The van der Waals surface area contributed by atoms with Crippen LogP contribution in [0.3, 0.4) is 0 Å². The van der Waals surface area contributed by atoms with Crippen molar-refractivity contribution in [1.82, 2.24) is 41.7 Å². The molecule has 74 heavy (non-hydrogen) atoms. The highest BCUT2D eigenvalue weighted by molar-refractivity contribution is 7.80. The first-order valence-corrected chi connectivity index (χ1v) is 25.2. The average Bonchev–Trinajstić information content (AvgIpc) is 4.08. The largest absolute Gasteiger partial charge is 0.508 e. The fourth-order valence-electron chi connectivity index (χ4n) is 8.37. The first-order valence-electron chi connectivity index (χ1n) is 24.0. The van der Waals surface area contributed by atoms with Crippen LogP contribution in [0.2, 0.25) is 0 Å². The highest BCUT2D eigenvalue weighted by Gasteiger charge is 2.42. The summed E-state index contributed by atoms with van der Waals surface area (Å²) in [6, 6.07) is 4.34. The summed E-state index contributed by atoms with van der Waals surface area (Å²) in [6.07, 6.45) is 1.08. The smallest absolute Gasteiger partial charge is 0.322 e. The van der Waals surface area contributed by atoms with Crippen LogP contribution in [0.1, 0.15) is 62.5 Å². The normalized spacial score (nSPS) is 17.5. The maximum atomic E-state index is 14.0. The van der Waals surface area contributed by atoms with Crippen molar-refractivity contribution >= 4 is 90.4 Å². The number of phenolic OH excluding ortho intramolecular Hbond substituents is 1. The number of thiol groups is 2. The second-order valence-electron chi connectivity index (χ2n) is 17.8. The number of guanidine groups is 1. The lowest BCUT2D eigenvalue weighted by molar-refractivity contribution is -0.143. The maximum absolute atomic E-state index is 14.0. The molecule has 404 valence electrons. The molecule has 2 aliphatic rings. The van der Waals surface area contributed by atoms with Crippen LogP contribution in [-0.2, 0) is 60.8 Å². The minimum atomic E-state index is -1.49. The number of aromatic hydroxyl groups is 1. The van der Waals surface area contributed by atoms with E-state index in [0.29, 0.717) is 36.8 Å². The van der Waals surface area contributed by atoms with Crippen molar-refractivity contribution in [3.63, 3.8) is 0 Å². The van der Waals surface area contributed by atoms with Crippen molar-refractivity contribution in [3.05, 3.63) is 65.7 Å². The van der Waals surface area contributed by atoms with E-state index in [0.717, 1.165) is 0 Å². The number of rotatable bonds is 28. The zero-order chi connectivity index (χ0) is 54.5. The number of primary amides is 1. The number of nitrogens with one attached hydrogen (secondary N) is 6. The summed E-state index contributed by atoms with van der Waals surface area (Å²) in [4.78, 5) is 140. The van der Waals surface area contributed by atoms with Gasteiger partial charge in [0.25, 0.3) is 0 Å². The number of benzene rings is 2. The van der Waals surface area contributed by atoms with Crippen molar-refractivity contribution in [1.29, 1.82) is 0 Å². The van der Waals surface area contributed by atoms with Crippen LogP contribution >= 0.6 is 25.3 Å². The predicted octanol–water partition coefficient (Wildman–Crippen LogP) is -3.71. The van der Waals surface area contributed by atoms with Gasteiger partial charge in [0.15, 0.2) is 5.96 Å². The molecule has 16 N–H and O–H groups in total. The van der Waals surface area contributed by atoms with Crippen molar-refractivity contribution in [3.8, 4) is 5.75 Å². The first-order chi connectivity index (χ1) is 35.2. The van der Waals surface area contributed by atoms with Crippen molar-refractivity contribution in [2.75, 3.05) is 37.7 Å². The van der Waals surface area contributed by atoms with Gasteiger partial charge in [0.1, 0.15) is 54.6 Å². The Morgan fingerprint density at radius 2 is 1.14 bits per heavy atom. The number of phenols is 1. The number of hydrogen-bond donors (Lipinski definition) is 14. The number of carboxylic acids is 1. The lowest BCUT2D eigenvalue weighted by Crippen LogP contribution is -2.60. The van der Waals surface area contributed by atoms with E-state index in [4.69, 9.17) is 22.9 Å². The van der Waals surface area contributed by atoms with Gasteiger partial charge in [-0.2, -0.15) is 25.3 Å². The lowest BCUT2D eigenvalue weighted by atomic mass is 10.0. The fraction of sp³-hybridized carbons (Fsp3) is 0.511. The summed E-state index contributed by atoms with van der Waals surface area (Å²) in [5, 5.41) is 34.1. The minimum absolute atomic E-state index is 0.0575. The molecule has 0 spiro atoms. The Morgan fingerprint density at radius 3 is 1.68 bits per heavy atom. The highest BCUT2D eigenvalue weighted by Crippen LogP contribution is 2.22. The van der Waals surface area contributed by atoms with Gasteiger partial charge in [0.2, 0.25) is 53.2 Å². The third-order valence-corrected chi connectivity index (χ3v) is 13.0. The van der Waals surface area contributed by atoms with E-state index in [-0.39, 0.29) is 81.4 Å². The number of aliphatic carboxylic acids is 1. The molecule has 0 bridgehead atoms. The predicted molar refractivity (Wildman–Crippen MR) is 276 cm³/mol. The van der Waals surface area contributed by atoms with E-state index in [1.165, 1.54) is 34.1 Å². The summed E-state index contributed by atoms with van der Waals surface area (Å²) in [5.41, 5.74) is 23.4. The molecule has 0 radical (unpaired) electrons. The van der Waals surface area contributed by atoms with E-state index in [1.54, 1.807) is 30.3 Å². The topological polar surface area (TPSA) is 406 Å². The number of amides is 9. The molecule has 2 aromatic rings. The number of carboxylic acid groups (broad SMARTS) is 1. The number of nitrogens with zero attached hydrogens (tertiary/aromatic N) is 3. The number of carbonyl (C=O) groups excluding carboxylic acids is 9. The molecule has 2 aromatic carbocycles. The Hall–Kier alpha value is -7.13. The van der Waals surface area contributed by atoms with E-state index in [1.807, 2.05) is 0 Å². The van der Waals surface area contributed by atoms with Crippen LogP contribution < -0.4 is 54.8 Å². The molecular formula is C47H67N13O12S2. The van der Waals surface area contributed by atoms with Gasteiger partial charge in [-0.05, 0) is 68.2 Å². The van der Waals surface area contributed by atoms with Crippen LogP contribution in [0, 0.1) is 0 Å². The molecule has 25 nitrogen and oxygen atoms in total. The zero-order valence-corrected chi connectivity index (χ0v) is 42.4. The Bertz CT molecular complexity index is 2350. The molecule has 0 saturated carbocycles. The molecule has 8 atom stereocenters. The summed E-state index contributed by atoms with van der Waals surface area (Å²) in [6.45, 7) is -0.117. The monoisotopic (exact) mass is 1070 g/mol. The van der Waals surface area contributed by atoms with E-state index in [2.05, 4.69) is 62.2 Å². The minimum Gasteiger partial charge on any atom is -0.508 e. The molecule has 2 fully saturated rings. The molecule has 2 heterocycles. The zero-order valence-electron chi connectivity index (χ0n) is 40.7. The second kappa shape index (κ2) is 29.5. The van der Waals surface area contributed by atoms with E-state index in [9.17, 15) is 58.2 Å². The molecule has 0 aliphatic carbocycles.